The predicted octanol–water partition coefficient (Wildman–Crippen LogP) is 1.52. The third-order valence-corrected chi connectivity index (χ3v) is 6.30. The summed E-state index contributed by atoms with van der Waals surface area (Å²) < 4.78 is 52.1. The van der Waals surface area contributed by atoms with Crippen LogP contribution in [0.1, 0.15) is 12.5 Å². The van der Waals surface area contributed by atoms with E-state index in [-0.39, 0.29) is 28.1 Å². The van der Waals surface area contributed by atoms with Crippen LogP contribution < -0.4 is 9.44 Å². The van der Waals surface area contributed by atoms with Gasteiger partial charge in [-0.05, 0) is 37.6 Å². The van der Waals surface area contributed by atoms with Crippen molar-refractivity contribution in [2.24, 2.45) is 5.92 Å². The van der Waals surface area contributed by atoms with Crippen LogP contribution in [0, 0.1) is 12.8 Å². The second kappa shape index (κ2) is 6.95. The normalized spacial score (nSPS) is 13.9. The quantitative estimate of drug-likeness (QED) is 0.726. The number of halogens is 1. The van der Waals surface area contributed by atoms with Crippen molar-refractivity contribution in [2.45, 2.75) is 18.7 Å². The molecule has 0 aromatic heterocycles. The summed E-state index contributed by atoms with van der Waals surface area (Å²) in [6.45, 7) is 3.42. The van der Waals surface area contributed by atoms with Gasteiger partial charge in [0.15, 0.2) is 0 Å². The van der Waals surface area contributed by atoms with E-state index < -0.39 is 20.0 Å². The number of benzene rings is 1. The molecule has 0 spiro atoms. The van der Waals surface area contributed by atoms with Crippen LogP contribution in [0.3, 0.4) is 0 Å². The van der Waals surface area contributed by atoms with E-state index >= 15 is 0 Å². The summed E-state index contributed by atoms with van der Waals surface area (Å²) in [6.07, 6.45) is 0. The van der Waals surface area contributed by atoms with Gasteiger partial charge >= 0.3 is 0 Å². The number of anilines is 1. The Balaban J connectivity index is 3.12. The SMILES string of the molecule is CNS(=O)(=O)c1ccc(C)c(NS(=O)(=O)CC(C)CCl)c1. The first kappa shape index (κ1) is 18.2. The molecular weight excluding hydrogens is 336 g/mol. The van der Waals surface area contributed by atoms with E-state index in [0.717, 1.165) is 0 Å². The van der Waals surface area contributed by atoms with Gasteiger partial charge in [0.2, 0.25) is 20.0 Å². The summed E-state index contributed by atoms with van der Waals surface area (Å²) >= 11 is 5.62. The standard InChI is InChI=1S/C12H19ClN2O4S2/c1-9(7-13)8-20(16,17)15-12-6-11(5-4-10(12)2)21(18,19)14-3/h4-6,9,14-15H,7-8H2,1-3H3. The summed E-state index contributed by atoms with van der Waals surface area (Å²) in [5, 5.41) is 0. The fourth-order valence-electron chi connectivity index (χ4n) is 1.62. The highest BCUT2D eigenvalue weighted by atomic mass is 35.5. The number of aryl methyl sites for hydroxylation is 1. The van der Waals surface area contributed by atoms with Crippen molar-refractivity contribution in [3.8, 4) is 0 Å². The van der Waals surface area contributed by atoms with Crippen LogP contribution in [-0.4, -0.2) is 35.5 Å². The predicted molar refractivity (Wildman–Crippen MR) is 84.7 cm³/mol. The molecule has 120 valence electrons. The second-order valence-electron chi connectivity index (χ2n) is 4.83. The van der Waals surface area contributed by atoms with Gasteiger partial charge in [-0.3, -0.25) is 4.72 Å². The number of sulfonamides is 2. The van der Waals surface area contributed by atoms with E-state index in [1.165, 1.54) is 19.2 Å². The van der Waals surface area contributed by atoms with Crippen molar-refractivity contribution in [3.05, 3.63) is 23.8 Å². The number of hydrogen-bond donors (Lipinski definition) is 2. The molecule has 1 unspecified atom stereocenters. The van der Waals surface area contributed by atoms with Gasteiger partial charge in [0, 0.05) is 5.88 Å². The van der Waals surface area contributed by atoms with Gasteiger partial charge in [0.05, 0.1) is 16.3 Å². The van der Waals surface area contributed by atoms with Crippen molar-refractivity contribution in [3.63, 3.8) is 0 Å². The van der Waals surface area contributed by atoms with Crippen molar-refractivity contribution < 1.29 is 16.8 Å². The largest absolute Gasteiger partial charge is 0.283 e. The van der Waals surface area contributed by atoms with Gasteiger partial charge in [-0.15, -0.1) is 11.6 Å². The van der Waals surface area contributed by atoms with Crippen molar-refractivity contribution in [1.82, 2.24) is 4.72 Å². The highest BCUT2D eigenvalue weighted by Gasteiger charge is 2.18. The molecule has 2 N–H and O–H groups in total. The fraction of sp³-hybridized carbons (Fsp3) is 0.500. The molecule has 1 aromatic carbocycles. The first-order valence-corrected chi connectivity index (χ1v) is 9.89. The average Bonchev–Trinajstić information content (AvgIpc) is 2.40. The second-order valence-corrected chi connectivity index (χ2v) is 8.79. The topological polar surface area (TPSA) is 92.3 Å². The van der Waals surface area contributed by atoms with Crippen LogP contribution in [0.4, 0.5) is 5.69 Å². The Morgan fingerprint density at radius 1 is 1.24 bits per heavy atom. The van der Waals surface area contributed by atoms with E-state index in [2.05, 4.69) is 9.44 Å². The molecule has 1 atom stereocenters. The van der Waals surface area contributed by atoms with E-state index in [0.29, 0.717) is 5.56 Å². The fourth-order valence-corrected chi connectivity index (χ4v) is 4.12. The van der Waals surface area contributed by atoms with Crippen LogP contribution in [0.25, 0.3) is 0 Å². The van der Waals surface area contributed by atoms with Gasteiger partial charge < -0.3 is 0 Å². The smallest absolute Gasteiger partial charge is 0.240 e. The summed E-state index contributed by atoms with van der Waals surface area (Å²) in [7, 11) is -5.92. The molecule has 0 heterocycles. The third kappa shape index (κ3) is 5.14. The molecule has 0 bridgehead atoms. The molecule has 9 heteroatoms. The zero-order chi connectivity index (χ0) is 16.3. The molecule has 1 aromatic rings. The summed E-state index contributed by atoms with van der Waals surface area (Å²) in [5.74, 6) is -0.0961. The maximum absolute atomic E-state index is 12.0. The molecule has 0 amide bonds. The molecule has 0 saturated carbocycles. The summed E-state index contributed by atoms with van der Waals surface area (Å²) in [4.78, 5) is -0.00121. The van der Waals surface area contributed by atoms with Crippen molar-refractivity contribution >= 4 is 37.3 Å². The highest BCUT2D eigenvalue weighted by Crippen LogP contribution is 2.21. The third-order valence-electron chi connectivity index (χ3n) is 2.82. The molecule has 1 rings (SSSR count). The lowest BCUT2D eigenvalue weighted by atomic mass is 10.2. The van der Waals surface area contributed by atoms with Crippen LogP contribution in [-0.2, 0) is 20.0 Å². The highest BCUT2D eigenvalue weighted by molar-refractivity contribution is 7.92. The minimum atomic E-state index is -3.63. The molecule has 0 aliphatic rings. The number of hydrogen-bond acceptors (Lipinski definition) is 4. The first-order valence-electron chi connectivity index (χ1n) is 6.22. The Hall–Kier alpha value is -0.830. The van der Waals surface area contributed by atoms with Crippen LogP contribution in [0.2, 0.25) is 0 Å². The molecule has 0 saturated heterocycles. The van der Waals surface area contributed by atoms with E-state index in [1.54, 1.807) is 19.9 Å². The Bertz CT molecular complexity index is 702. The summed E-state index contributed by atoms with van der Waals surface area (Å²) in [5.41, 5.74) is 0.875. The van der Waals surface area contributed by atoms with E-state index in [1.807, 2.05) is 0 Å². The number of nitrogens with one attached hydrogen (secondary N) is 2. The molecule has 0 aliphatic carbocycles. The Morgan fingerprint density at radius 2 is 1.86 bits per heavy atom. The molecule has 6 nitrogen and oxygen atoms in total. The van der Waals surface area contributed by atoms with Gasteiger partial charge in [0.25, 0.3) is 0 Å². The Morgan fingerprint density at radius 3 is 2.38 bits per heavy atom. The monoisotopic (exact) mass is 354 g/mol. The van der Waals surface area contributed by atoms with Gasteiger partial charge in [0.1, 0.15) is 0 Å². The molecule has 0 radical (unpaired) electrons. The summed E-state index contributed by atoms with van der Waals surface area (Å²) in [6, 6.07) is 4.26. The molecule has 0 aliphatic heterocycles. The lowest BCUT2D eigenvalue weighted by Gasteiger charge is -2.14. The molecule has 21 heavy (non-hydrogen) atoms. The average molecular weight is 355 g/mol. The molecular formula is C12H19ClN2O4S2. The number of alkyl halides is 1. The van der Waals surface area contributed by atoms with Gasteiger partial charge in [-0.25, -0.2) is 21.6 Å². The van der Waals surface area contributed by atoms with Crippen molar-refractivity contribution in [1.29, 1.82) is 0 Å². The van der Waals surface area contributed by atoms with Crippen LogP contribution in [0.15, 0.2) is 23.1 Å². The lowest BCUT2D eigenvalue weighted by molar-refractivity contribution is 0.585. The van der Waals surface area contributed by atoms with Gasteiger partial charge in [-0.2, -0.15) is 0 Å². The zero-order valence-electron chi connectivity index (χ0n) is 12.1. The maximum atomic E-state index is 12.0. The zero-order valence-corrected chi connectivity index (χ0v) is 14.4. The van der Waals surface area contributed by atoms with Gasteiger partial charge in [-0.1, -0.05) is 13.0 Å². The van der Waals surface area contributed by atoms with Crippen LogP contribution >= 0.6 is 11.6 Å². The van der Waals surface area contributed by atoms with E-state index in [9.17, 15) is 16.8 Å². The minimum Gasteiger partial charge on any atom is -0.283 e. The maximum Gasteiger partial charge on any atom is 0.240 e. The minimum absolute atomic E-state index is 0.00121. The lowest BCUT2D eigenvalue weighted by Crippen LogP contribution is -2.23. The first-order chi connectivity index (χ1) is 9.61. The Labute approximate surface area is 131 Å². The number of rotatable bonds is 7. The van der Waals surface area contributed by atoms with Crippen molar-refractivity contribution in [2.75, 3.05) is 23.4 Å². The van der Waals surface area contributed by atoms with Crippen LogP contribution in [0.5, 0.6) is 0 Å². The Kier molecular flexibility index (Phi) is 6.03. The molecule has 0 fully saturated rings. The van der Waals surface area contributed by atoms with E-state index in [4.69, 9.17) is 11.6 Å².